The minimum Gasteiger partial charge on any atom is -0.328 e. The van der Waals surface area contributed by atoms with Crippen molar-refractivity contribution in [2.45, 2.75) is 13.5 Å². The first-order valence-electron chi connectivity index (χ1n) is 7.62. The van der Waals surface area contributed by atoms with E-state index in [2.05, 4.69) is 40.6 Å². The van der Waals surface area contributed by atoms with E-state index in [1.54, 1.807) is 16.2 Å². The number of nitrogens with zero attached hydrogens (tertiary/aromatic N) is 2. The number of aryl methyl sites for hydroxylation is 1. The van der Waals surface area contributed by atoms with Crippen LogP contribution in [-0.2, 0) is 6.54 Å². The number of quaternary nitrogens is 1. The number of thiophene rings is 1. The molecule has 1 fully saturated rings. The van der Waals surface area contributed by atoms with E-state index < -0.39 is 0 Å². The summed E-state index contributed by atoms with van der Waals surface area (Å²) < 4.78 is 0. The van der Waals surface area contributed by atoms with Gasteiger partial charge in [-0.15, -0.1) is 11.3 Å². The van der Waals surface area contributed by atoms with Gasteiger partial charge in [0.25, 0.3) is 0 Å². The van der Waals surface area contributed by atoms with Crippen molar-refractivity contribution in [1.29, 1.82) is 0 Å². The fourth-order valence-electron chi connectivity index (χ4n) is 2.67. The van der Waals surface area contributed by atoms with Crippen LogP contribution in [0.15, 0.2) is 40.8 Å². The second-order valence-corrected chi connectivity index (χ2v) is 7.04. The van der Waals surface area contributed by atoms with Crippen molar-refractivity contribution in [2.24, 2.45) is 5.10 Å². The molecule has 1 saturated heterocycles. The molecule has 1 aliphatic heterocycles. The third-order valence-electron chi connectivity index (χ3n) is 4.09. The smallest absolute Gasteiger partial charge is 0.104 e. The van der Waals surface area contributed by atoms with E-state index >= 15 is 0 Å². The van der Waals surface area contributed by atoms with Crippen LogP contribution < -0.4 is 4.90 Å². The van der Waals surface area contributed by atoms with Gasteiger partial charge in [-0.05, 0) is 30.0 Å². The van der Waals surface area contributed by atoms with Crippen LogP contribution in [0.3, 0.4) is 0 Å². The first-order chi connectivity index (χ1) is 10.7. The molecule has 0 radical (unpaired) electrons. The summed E-state index contributed by atoms with van der Waals surface area (Å²) in [5.74, 6) is 0. The Kier molecular flexibility index (Phi) is 5.13. The molecule has 0 saturated carbocycles. The van der Waals surface area contributed by atoms with E-state index in [1.807, 2.05) is 18.3 Å². The molecule has 116 valence electrons. The Bertz CT molecular complexity index is 645. The summed E-state index contributed by atoms with van der Waals surface area (Å²) in [7, 11) is 0. The highest BCUT2D eigenvalue weighted by atomic mass is 35.5. The van der Waals surface area contributed by atoms with E-state index in [9.17, 15) is 0 Å². The average molecular weight is 335 g/mol. The van der Waals surface area contributed by atoms with Gasteiger partial charge in [0.2, 0.25) is 0 Å². The normalized spacial score (nSPS) is 16.5. The van der Waals surface area contributed by atoms with Crippen molar-refractivity contribution < 1.29 is 4.90 Å². The Morgan fingerprint density at radius 1 is 1.27 bits per heavy atom. The monoisotopic (exact) mass is 334 g/mol. The minimum absolute atomic E-state index is 0.878. The highest BCUT2D eigenvalue weighted by molar-refractivity contribution is 7.11. The molecule has 2 heterocycles. The SMILES string of the molecule is Cc1ccsc1/C=N\N1CC[NH+](Cc2ccccc2Cl)CC1. The van der Waals surface area contributed by atoms with Crippen molar-refractivity contribution in [3.05, 3.63) is 56.7 Å². The zero-order valence-electron chi connectivity index (χ0n) is 12.8. The predicted octanol–water partition coefficient (Wildman–Crippen LogP) is 2.44. The van der Waals surface area contributed by atoms with Gasteiger partial charge in [0.05, 0.1) is 32.4 Å². The van der Waals surface area contributed by atoms with Crippen molar-refractivity contribution in [3.8, 4) is 0 Å². The molecule has 22 heavy (non-hydrogen) atoms. The summed E-state index contributed by atoms with van der Waals surface area (Å²) in [6.07, 6.45) is 2.00. The molecule has 1 aliphatic rings. The average Bonchev–Trinajstić information content (AvgIpc) is 2.94. The lowest BCUT2D eigenvalue weighted by Crippen LogP contribution is -3.13. The van der Waals surface area contributed by atoms with Crippen molar-refractivity contribution in [3.63, 3.8) is 0 Å². The van der Waals surface area contributed by atoms with E-state index in [-0.39, 0.29) is 0 Å². The van der Waals surface area contributed by atoms with Gasteiger partial charge in [0.1, 0.15) is 6.54 Å². The fraction of sp³-hybridized carbons (Fsp3) is 0.353. The molecular weight excluding hydrogens is 314 g/mol. The van der Waals surface area contributed by atoms with Gasteiger partial charge in [0, 0.05) is 15.5 Å². The highest BCUT2D eigenvalue weighted by Gasteiger charge is 2.19. The van der Waals surface area contributed by atoms with Crippen molar-refractivity contribution in [1.82, 2.24) is 5.01 Å². The Morgan fingerprint density at radius 2 is 2.05 bits per heavy atom. The number of piperazine rings is 1. The van der Waals surface area contributed by atoms with E-state index in [1.165, 1.54) is 16.0 Å². The molecule has 0 bridgehead atoms. The van der Waals surface area contributed by atoms with Crippen LogP contribution in [0.25, 0.3) is 0 Å². The van der Waals surface area contributed by atoms with Crippen LogP contribution in [0.5, 0.6) is 0 Å². The number of hydrazone groups is 1. The number of hydrogen-bond donors (Lipinski definition) is 1. The molecule has 0 atom stereocenters. The lowest BCUT2D eigenvalue weighted by Gasteiger charge is -2.30. The maximum Gasteiger partial charge on any atom is 0.104 e. The zero-order chi connectivity index (χ0) is 15.4. The number of halogens is 1. The molecular formula is C17H21ClN3S+. The van der Waals surface area contributed by atoms with Gasteiger partial charge >= 0.3 is 0 Å². The molecule has 3 rings (SSSR count). The van der Waals surface area contributed by atoms with E-state index in [0.29, 0.717) is 0 Å². The summed E-state index contributed by atoms with van der Waals surface area (Å²) in [5, 5.41) is 9.79. The van der Waals surface area contributed by atoms with Gasteiger partial charge in [-0.25, -0.2) is 0 Å². The number of hydrogen-bond acceptors (Lipinski definition) is 3. The Hall–Kier alpha value is -1.36. The topological polar surface area (TPSA) is 20.0 Å². The zero-order valence-corrected chi connectivity index (χ0v) is 14.3. The number of rotatable bonds is 4. The highest BCUT2D eigenvalue weighted by Crippen LogP contribution is 2.14. The third-order valence-corrected chi connectivity index (χ3v) is 5.41. The standard InChI is InChI=1S/C17H20ClN3S/c1-14-6-11-22-17(14)12-19-21-9-7-20(8-10-21)13-15-4-2-3-5-16(15)18/h2-6,11-12H,7-10,13H2,1H3/p+1/b19-12-. The molecule has 1 aromatic heterocycles. The summed E-state index contributed by atoms with van der Waals surface area (Å²) in [6.45, 7) is 7.34. The second-order valence-electron chi connectivity index (χ2n) is 5.68. The molecule has 5 heteroatoms. The van der Waals surface area contributed by atoms with Crippen LogP contribution in [0.4, 0.5) is 0 Å². The fourth-order valence-corrected chi connectivity index (χ4v) is 3.65. The van der Waals surface area contributed by atoms with Gasteiger partial charge < -0.3 is 4.90 Å². The number of benzene rings is 1. The maximum absolute atomic E-state index is 6.25. The Balaban J connectivity index is 1.51. The molecule has 0 amide bonds. The molecule has 2 aromatic rings. The van der Waals surface area contributed by atoms with Gasteiger partial charge in [-0.3, -0.25) is 5.01 Å². The maximum atomic E-state index is 6.25. The van der Waals surface area contributed by atoms with Crippen molar-refractivity contribution >= 4 is 29.2 Å². The third kappa shape index (κ3) is 3.88. The molecule has 0 unspecified atom stereocenters. The summed E-state index contributed by atoms with van der Waals surface area (Å²) in [6, 6.07) is 10.3. The Morgan fingerprint density at radius 3 is 2.73 bits per heavy atom. The van der Waals surface area contributed by atoms with Crippen LogP contribution in [0.1, 0.15) is 16.0 Å². The van der Waals surface area contributed by atoms with Gasteiger partial charge in [-0.2, -0.15) is 5.10 Å². The van der Waals surface area contributed by atoms with Crippen molar-refractivity contribution in [2.75, 3.05) is 26.2 Å². The van der Waals surface area contributed by atoms with E-state index in [0.717, 1.165) is 37.7 Å². The molecule has 1 N–H and O–H groups in total. The largest absolute Gasteiger partial charge is 0.328 e. The molecule has 0 spiro atoms. The van der Waals surface area contributed by atoms with Crippen LogP contribution in [-0.4, -0.2) is 37.4 Å². The van der Waals surface area contributed by atoms with Crippen LogP contribution >= 0.6 is 22.9 Å². The summed E-state index contributed by atoms with van der Waals surface area (Å²) in [5.41, 5.74) is 2.54. The predicted molar refractivity (Wildman–Crippen MR) is 94.1 cm³/mol. The van der Waals surface area contributed by atoms with Crippen LogP contribution in [0, 0.1) is 6.92 Å². The summed E-state index contributed by atoms with van der Waals surface area (Å²) >= 11 is 7.99. The van der Waals surface area contributed by atoms with Crippen LogP contribution in [0.2, 0.25) is 5.02 Å². The molecule has 0 aliphatic carbocycles. The summed E-state index contributed by atoms with van der Waals surface area (Å²) in [4.78, 5) is 2.83. The quantitative estimate of drug-likeness (QED) is 0.851. The van der Waals surface area contributed by atoms with Gasteiger partial charge in [-0.1, -0.05) is 29.8 Å². The second kappa shape index (κ2) is 7.27. The minimum atomic E-state index is 0.878. The Labute approximate surface area is 140 Å². The molecule has 1 aromatic carbocycles. The lowest BCUT2D eigenvalue weighted by atomic mass is 10.2. The first-order valence-corrected chi connectivity index (χ1v) is 8.88. The lowest BCUT2D eigenvalue weighted by molar-refractivity contribution is -0.918. The van der Waals surface area contributed by atoms with E-state index in [4.69, 9.17) is 11.6 Å². The number of nitrogens with one attached hydrogen (secondary N) is 1. The van der Waals surface area contributed by atoms with Gasteiger partial charge in [0.15, 0.2) is 0 Å². The first kappa shape index (κ1) is 15.5. The molecule has 3 nitrogen and oxygen atoms in total.